The van der Waals surface area contributed by atoms with Crippen LogP contribution in [0.3, 0.4) is 0 Å². The molecule has 1 heterocycles. The maximum atomic E-state index is 5.31. The first-order chi connectivity index (χ1) is 3.79. The summed E-state index contributed by atoms with van der Waals surface area (Å²) in [6.07, 6.45) is 1.59. The van der Waals surface area contributed by atoms with E-state index in [2.05, 4.69) is 10.3 Å². The third-order valence-corrected chi connectivity index (χ3v) is 0.848. The molecule has 4 nitrogen and oxygen atoms in total. The third-order valence-electron chi connectivity index (χ3n) is 0.848. The molecule has 1 aliphatic rings. The Morgan fingerprint density at radius 1 is 1.62 bits per heavy atom. The molecule has 5 N–H and O–H groups in total. The average molecular weight is 112 g/mol. The summed E-state index contributed by atoms with van der Waals surface area (Å²) in [5.74, 6) is 1.07. The molecule has 0 aromatic heterocycles. The van der Waals surface area contributed by atoms with Crippen molar-refractivity contribution in [3.8, 4) is 0 Å². The van der Waals surface area contributed by atoms with E-state index in [4.69, 9.17) is 11.5 Å². The van der Waals surface area contributed by atoms with Gasteiger partial charge in [0.15, 0.2) is 0 Å². The molecule has 0 aromatic rings. The van der Waals surface area contributed by atoms with Crippen LogP contribution in [0.15, 0.2) is 16.9 Å². The number of rotatable bonds is 0. The zero-order valence-corrected chi connectivity index (χ0v) is 4.39. The number of nitrogens with two attached hydrogens (primary N) is 2. The van der Waals surface area contributed by atoms with E-state index in [9.17, 15) is 0 Å². The van der Waals surface area contributed by atoms with Gasteiger partial charge in [0.25, 0.3) is 0 Å². The molecule has 0 bridgehead atoms. The maximum Gasteiger partial charge on any atom is 0.123 e. The van der Waals surface area contributed by atoms with Gasteiger partial charge in [0.2, 0.25) is 0 Å². The minimum Gasteiger partial charge on any atom is -0.385 e. The van der Waals surface area contributed by atoms with Crippen molar-refractivity contribution in [2.24, 2.45) is 16.5 Å². The zero-order chi connectivity index (χ0) is 5.98. The number of nitrogens with zero attached hydrogens (tertiary/aromatic N) is 1. The van der Waals surface area contributed by atoms with Gasteiger partial charge in [0, 0.05) is 6.08 Å². The van der Waals surface area contributed by atoms with Crippen LogP contribution in [0.2, 0.25) is 0 Å². The summed E-state index contributed by atoms with van der Waals surface area (Å²) in [7, 11) is 0. The van der Waals surface area contributed by atoms with Gasteiger partial charge >= 0.3 is 0 Å². The van der Waals surface area contributed by atoms with Crippen LogP contribution in [0.1, 0.15) is 0 Å². The van der Waals surface area contributed by atoms with E-state index >= 15 is 0 Å². The Kier molecular flexibility index (Phi) is 1.07. The molecule has 0 saturated carbocycles. The summed E-state index contributed by atoms with van der Waals surface area (Å²) >= 11 is 0. The van der Waals surface area contributed by atoms with Gasteiger partial charge in [0.05, 0.1) is 0 Å². The highest BCUT2D eigenvalue weighted by Crippen LogP contribution is 1.84. The molecule has 8 heavy (non-hydrogen) atoms. The Balaban J connectivity index is 2.69. The zero-order valence-electron chi connectivity index (χ0n) is 4.39. The van der Waals surface area contributed by atoms with E-state index in [0.29, 0.717) is 18.3 Å². The number of hydrogen-bond donors (Lipinski definition) is 3. The van der Waals surface area contributed by atoms with Gasteiger partial charge in [-0.15, -0.1) is 0 Å². The number of aliphatic imine (C=N–C) groups is 1. The molecule has 0 radical (unpaired) electrons. The summed E-state index contributed by atoms with van der Waals surface area (Å²) in [5.41, 5.74) is 10.6. The highest BCUT2D eigenvalue weighted by molar-refractivity contribution is 5.92. The van der Waals surface area contributed by atoms with Crippen LogP contribution in [0.4, 0.5) is 0 Å². The second kappa shape index (κ2) is 1.73. The Morgan fingerprint density at radius 2 is 2.38 bits per heavy atom. The maximum absolute atomic E-state index is 5.31. The largest absolute Gasteiger partial charge is 0.385 e. The van der Waals surface area contributed by atoms with Crippen molar-refractivity contribution in [3.05, 3.63) is 11.9 Å². The lowest BCUT2D eigenvalue weighted by molar-refractivity contribution is 0.802. The first kappa shape index (κ1) is 4.96. The second-order valence-electron chi connectivity index (χ2n) is 1.52. The van der Waals surface area contributed by atoms with Crippen LogP contribution in [0, 0.1) is 0 Å². The fraction of sp³-hybridized carbons (Fsp3) is 0.250. The standard InChI is InChI=1S/C4H8N4/c5-3-1-4(6)8-2-7-3/h1,7H,2,5H2,(H2,6,8). The fourth-order valence-electron chi connectivity index (χ4n) is 0.478. The molecule has 0 saturated heterocycles. The lowest BCUT2D eigenvalue weighted by Gasteiger charge is -2.07. The van der Waals surface area contributed by atoms with Crippen molar-refractivity contribution in [1.29, 1.82) is 0 Å². The smallest absolute Gasteiger partial charge is 0.123 e. The van der Waals surface area contributed by atoms with E-state index in [1.54, 1.807) is 6.08 Å². The van der Waals surface area contributed by atoms with E-state index < -0.39 is 0 Å². The molecular formula is C4H8N4. The van der Waals surface area contributed by atoms with Crippen LogP contribution in [0.5, 0.6) is 0 Å². The SMILES string of the molecule is NC1=CC(N)=NCN1. The van der Waals surface area contributed by atoms with E-state index in [0.717, 1.165) is 0 Å². The molecular weight excluding hydrogens is 104 g/mol. The lowest BCUT2D eigenvalue weighted by Crippen LogP contribution is -2.28. The minimum atomic E-state index is 0.487. The molecule has 0 fully saturated rings. The molecule has 0 aromatic carbocycles. The molecule has 1 rings (SSSR count). The first-order valence-corrected chi connectivity index (χ1v) is 2.30. The monoisotopic (exact) mass is 112 g/mol. The number of nitrogens with one attached hydrogen (secondary N) is 1. The van der Waals surface area contributed by atoms with Crippen LogP contribution >= 0.6 is 0 Å². The number of amidine groups is 1. The topological polar surface area (TPSA) is 76.4 Å². The Morgan fingerprint density at radius 3 is 2.75 bits per heavy atom. The van der Waals surface area contributed by atoms with E-state index in [-0.39, 0.29) is 0 Å². The molecule has 0 spiro atoms. The first-order valence-electron chi connectivity index (χ1n) is 2.30. The lowest BCUT2D eigenvalue weighted by atomic mass is 10.5. The fourth-order valence-corrected chi connectivity index (χ4v) is 0.478. The van der Waals surface area contributed by atoms with Crippen molar-refractivity contribution in [3.63, 3.8) is 0 Å². The predicted molar refractivity (Wildman–Crippen MR) is 31.9 cm³/mol. The van der Waals surface area contributed by atoms with E-state index in [1.807, 2.05) is 0 Å². The average Bonchev–Trinajstić information content (AvgIpc) is 1.64. The summed E-state index contributed by atoms with van der Waals surface area (Å²) in [6.45, 7) is 0.494. The molecule has 0 unspecified atom stereocenters. The van der Waals surface area contributed by atoms with Crippen molar-refractivity contribution >= 4 is 5.84 Å². The van der Waals surface area contributed by atoms with Crippen molar-refractivity contribution in [2.75, 3.05) is 6.67 Å². The third kappa shape index (κ3) is 0.900. The van der Waals surface area contributed by atoms with Gasteiger partial charge in [-0.3, -0.25) is 0 Å². The van der Waals surface area contributed by atoms with Gasteiger partial charge in [0.1, 0.15) is 18.3 Å². The molecule has 1 aliphatic heterocycles. The molecule has 44 valence electrons. The molecule has 0 atom stereocenters. The van der Waals surface area contributed by atoms with Crippen LogP contribution in [0.25, 0.3) is 0 Å². The summed E-state index contributed by atoms with van der Waals surface area (Å²) in [5, 5.41) is 2.78. The summed E-state index contributed by atoms with van der Waals surface area (Å²) < 4.78 is 0. The molecule has 4 heteroatoms. The Labute approximate surface area is 47.3 Å². The van der Waals surface area contributed by atoms with Crippen molar-refractivity contribution in [1.82, 2.24) is 5.32 Å². The van der Waals surface area contributed by atoms with Gasteiger partial charge in [-0.05, 0) is 0 Å². The van der Waals surface area contributed by atoms with Gasteiger partial charge in [-0.25, -0.2) is 4.99 Å². The van der Waals surface area contributed by atoms with Crippen LogP contribution in [-0.4, -0.2) is 12.5 Å². The van der Waals surface area contributed by atoms with Crippen molar-refractivity contribution < 1.29 is 0 Å². The molecule has 0 amide bonds. The highest BCUT2D eigenvalue weighted by Gasteiger charge is 1.94. The van der Waals surface area contributed by atoms with Gasteiger partial charge in [-0.2, -0.15) is 0 Å². The minimum absolute atomic E-state index is 0.487. The van der Waals surface area contributed by atoms with E-state index in [1.165, 1.54) is 0 Å². The summed E-state index contributed by atoms with van der Waals surface area (Å²) in [4.78, 5) is 3.81. The van der Waals surface area contributed by atoms with Gasteiger partial charge in [-0.1, -0.05) is 0 Å². The van der Waals surface area contributed by atoms with Crippen LogP contribution < -0.4 is 16.8 Å². The van der Waals surface area contributed by atoms with Crippen molar-refractivity contribution in [2.45, 2.75) is 0 Å². The molecule has 0 aliphatic carbocycles. The van der Waals surface area contributed by atoms with Gasteiger partial charge < -0.3 is 16.8 Å². The summed E-state index contributed by atoms with van der Waals surface area (Å²) in [6, 6.07) is 0. The normalized spacial score (nSPS) is 18.5. The Hall–Kier alpha value is -1.19. The second-order valence-corrected chi connectivity index (χ2v) is 1.52. The van der Waals surface area contributed by atoms with Crippen LogP contribution in [-0.2, 0) is 0 Å². The number of hydrogen-bond acceptors (Lipinski definition) is 4. The quantitative estimate of drug-likeness (QED) is 0.364. The highest BCUT2D eigenvalue weighted by atomic mass is 15.1. The Bertz CT molecular complexity index is 146. The predicted octanol–water partition coefficient (Wildman–Crippen LogP) is -1.30.